The minimum Gasteiger partial charge on any atom is -0.339 e. The van der Waals surface area contributed by atoms with E-state index in [0.29, 0.717) is 38.8 Å². The maximum absolute atomic E-state index is 14.0. The second-order valence-corrected chi connectivity index (χ2v) is 9.45. The summed E-state index contributed by atoms with van der Waals surface area (Å²) < 4.78 is 27.5. The van der Waals surface area contributed by atoms with Crippen LogP contribution >= 0.6 is 11.3 Å². The Balaban J connectivity index is 1.43. The average Bonchev–Trinajstić information content (AvgIpc) is 3.33. The fourth-order valence-corrected chi connectivity index (χ4v) is 5.61. The summed E-state index contributed by atoms with van der Waals surface area (Å²) in [5.41, 5.74) is 1.34. The van der Waals surface area contributed by atoms with Gasteiger partial charge < -0.3 is 10.2 Å². The van der Waals surface area contributed by atoms with Crippen molar-refractivity contribution in [1.82, 2.24) is 20.1 Å². The molecule has 2 aliphatic heterocycles. The molecule has 1 atom stereocenters. The van der Waals surface area contributed by atoms with Gasteiger partial charge in [0, 0.05) is 30.9 Å². The van der Waals surface area contributed by atoms with Crippen molar-refractivity contribution in [3.63, 3.8) is 0 Å². The number of carbonyl (C=O) groups is 3. The lowest BCUT2D eigenvalue weighted by Crippen LogP contribution is -2.56. The summed E-state index contributed by atoms with van der Waals surface area (Å²) in [5, 5.41) is 2.94. The number of hydrogen-bond donors (Lipinski definition) is 1. The first-order valence-corrected chi connectivity index (χ1v) is 11.9. The second kappa shape index (κ2) is 9.17. The van der Waals surface area contributed by atoms with E-state index in [0.717, 1.165) is 28.8 Å². The van der Waals surface area contributed by atoms with Gasteiger partial charge in [0.1, 0.15) is 17.2 Å². The van der Waals surface area contributed by atoms with Crippen LogP contribution in [0.2, 0.25) is 0 Å². The van der Waals surface area contributed by atoms with Crippen LogP contribution in [0.3, 0.4) is 0 Å². The highest BCUT2D eigenvalue weighted by Crippen LogP contribution is 2.36. The van der Waals surface area contributed by atoms with Crippen LogP contribution in [0.1, 0.15) is 47.1 Å². The highest BCUT2D eigenvalue weighted by atomic mass is 32.1. The van der Waals surface area contributed by atoms with Crippen LogP contribution in [-0.2, 0) is 11.2 Å². The molecule has 0 aliphatic carbocycles. The third kappa shape index (κ3) is 4.23. The highest BCUT2D eigenvalue weighted by molar-refractivity contribution is 7.09. The largest absolute Gasteiger partial charge is 0.339 e. The zero-order valence-electron chi connectivity index (χ0n) is 18.6. The van der Waals surface area contributed by atoms with Crippen LogP contribution in [0.5, 0.6) is 0 Å². The molecule has 2 aromatic rings. The van der Waals surface area contributed by atoms with E-state index in [1.54, 1.807) is 5.51 Å². The topological polar surface area (TPSA) is 82.6 Å². The number of hydrogen-bond acceptors (Lipinski definition) is 5. The molecule has 1 N–H and O–H groups in total. The van der Waals surface area contributed by atoms with Crippen molar-refractivity contribution in [3.05, 3.63) is 51.5 Å². The Labute approximate surface area is 194 Å². The molecule has 2 saturated heterocycles. The number of nitrogens with one attached hydrogen (secondary N) is 1. The fraction of sp³-hybridized carbons (Fsp3) is 0.478. The molecule has 2 aliphatic rings. The molecule has 0 unspecified atom stereocenters. The number of carbonyl (C=O) groups excluding carboxylic acids is 3. The summed E-state index contributed by atoms with van der Waals surface area (Å²) in [7, 11) is 0. The molecule has 3 heterocycles. The van der Waals surface area contributed by atoms with Gasteiger partial charge in [0.25, 0.3) is 11.8 Å². The van der Waals surface area contributed by atoms with E-state index in [1.165, 1.54) is 21.1 Å². The molecule has 10 heteroatoms. The van der Waals surface area contributed by atoms with Gasteiger partial charge in [-0.1, -0.05) is 6.92 Å². The molecule has 33 heavy (non-hydrogen) atoms. The number of rotatable bonds is 6. The minimum atomic E-state index is -1.01. The number of likely N-dealkylation sites (tertiary alicyclic amines) is 1. The van der Waals surface area contributed by atoms with Gasteiger partial charge in [-0.25, -0.2) is 18.6 Å². The number of thiazole rings is 1. The maximum atomic E-state index is 14.0. The molecule has 0 bridgehead atoms. The molecule has 4 rings (SSSR count). The molecule has 1 aromatic carbocycles. The number of piperidine rings is 1. The Bertz CT molecular complexity index is 1080. The highest BCUT2D eigenvalue weighted by Gasteiger charge is 2.54. The zero-order chi connectivity index (χ0) is 23.8. The number of halogens is 2. The number of imide groups is 1. The van der Waals surface area contributed by atoms with Gasteiger partial charge in [0.05, 0.1) is 16.8 Å². The predicted octanol–water partition coefficient (Wildman–Crippen LogP) is 3.53. The standard InChI is InChI=1S/C23H26F2N4O3S/c1-3-23(21(31)29(22(32)27-23)11-8-19-14(2)26-13-33-19)15-6-9-28(10-7-15)20(30)17-12-16(24)4-5-18(17)25/h4-5,12-13,15H,3,6-11H2,1-2H3,(H,27,32)/t23-/m0/s1. The number of amides is 4. The first-order chi connectivity index (χ1) is 15.8. The smallest absolute Gasteiger partial charge is 0.325 e. The summed E-state index contributed by atoms with van der Waals surface area (Å²) in [6, 6.07) is 2.42. The third-order valence-corrected chi connectivity index (χ3v) is 7.80. The molecule has 0 radical (unpaired) electrons. The molecule has 4 amide bonds. The second-order valence-electron chi connectivity index (χ2n) is 8.51. The fourth-order valence-electron chi connectivity index (χ4n) is 4.84. The van der Waals surface area contributed by atoms with Crippen LogP contribution in [0.25, 0.3) is 0 Å². The van der Waals surface area contributed by atoms with Crippen LogP contribution < -0.4 is 5.32 Å². The number of urea groups is 1. The molecule has 7 nitrogen and oxygen atoms in total. The van der Waals surface area contributed by atoms with E-state index < -0.39 is 29.1 Å². The summed E-state index contributed by atoms with van der Waals surface area (Å²) >= 11 is 1.50. The van der Waals surface area contributed by atoms with Crippen molar-refractivity contribution in [1.29, 1.82) is 0 Å². The predicted molar refractivity (Wildman–Crippen MR) is 119 cm³/mol. The van der Waals surface area contributed by atoms with E-state index in [-0.39, 0.29) is 23.9 Å². The Morgan fingerprint density at radius 1 is 1.27 bits per heavy atom. The average molecular weight is 477 g/mol. The summed E-state index contributed by atoms with van der Waals surface area (Å²) in [4.78, 5) is 46.8. The van der Waals surface area contributed by atoms with Crippen LogP contribution in [0.4, 0.5) is 13.6 Å². The van der Waals surface area contributed by atoms with Gasteiger partial charge >= 0.3 is 6.03 Å². The van der Waals surface area contributed by atoms with Crippen LogP contribution in [0.15, 0.2) is 23.7 Å². The molecule has 176 valence electrons. The molecule has 0 saturated carbocycles. The van der Waals surface area contributed by atoms with E-state index in [2.05, 4.69) is 10.3 Å². The summed E-state index contributed by atoms with van der Waals surface area (Å²) in [5.74, 6) is -2.40. The first-order valence-electron chi connectivity index (χ1n) is 11.0. The Morgan fingerprint density at radius 3 is 2.64 bits per heavy atom. The normalized spacial score (nSPS) is 21.6. The molecule has 1 aromatic heterocycles. The van der Waals surface area contributed by atoms with Gasteiger partial charge in [-0.2, -0.15) is 0 Å². The zero-order valence-corrected chi connectivity index (χ0v) is 19.4. The molecular formula is C23H26F2N4O3S. The Morgan fingerprint density at radius 2 is 2.00 bits per heavy atom. The Hall–Kier alpha value is -2.88. The maximum Gasteiger partial charge on any atom is 0.325 e. The third-order valence-electron chi connectivity index (χ3n) is 6.80. The molecular weight excluding hydrogens is 450 g/mol. The number of aryl methyl sites for hydroxylation is 1. The number of aromatic nitrogens is 1. The van der Waals surface area contributed by atoms with E-state index >= 15 is 0 Å². The summed E-state index contributed by atoms with van der Waals surface area (Å²) in [6.07, 6.45) is 1.95. The SMILES string of the molecule is CC[C@@]1(C2CCN(C(=O)c3cc(F)ccc3F)CC2)NC(=O)N(CCc2scnc2C)C1=O. The van der Waals surface area contributed by atoms with Gasteiger partial charge in [-0.05, 0) is 50.3 Å². The van der Waals surface area contributed by atoms with Crippen molar-refractivity contribution in [2.75, 3.05) is 19.6 Å². The van der Waals surface area contributed by atoms with E-state index in [9.17, 15) is 23.2 Å². The van der Waals surface area contributed by atoms with Gasteiger partial charge in [-0.3, -0.25) is 14.5 Å². The van der Waals surface area contributed by atoms with Crippen molar-refractivity contribution < 1.29 is 23.2 Å². The van der Waals surface area contributed by atoms with Crippen molar-refractivity contribution >= 4 is 29.2 Å². The lowest BCUT2D eigenvalue weighted by Gasteiger charge is -2.40. The van der Waals surface area contributed by atoms with Crippen molar-refractivity contribution in [3.8, 4) is 0 Å². The minimum absolute atomic E-state index is 0.157. The lowest BCUT2D eigenvalue weighted by atomic mass is 9.75. The van der Waals surface area contributed by atoms with E-state index in [4.69, 9.17) is 0 Å². The van der Waals surface area contributed by atoms with Crippen LogP contribution in [0, 0.1) is 24.5 Å². The van der Waals surface area contributed by atoms with Crippen molar-refractivity contribution in [2.45, 2.75) is 45.1 Å². The van der Waals surface area contributed by atoms with Gasteiger partial charge in [-0.15, -0.1) is 11.3 Å². The number of nitrogens with zero attached hydrogens (tertiary/aromatic N) is 3. The van der Waals surface area contributed by atoms with E-state index in [1.807, 2.05) is 13.8 Å². The van der Waals surface area contributed by atoms with Crippen molar-refractivity contribution in [2.24, 2.45) is 5.92 Å². The van der Waals surface area contributed by atoms with Gasteiger partial charge in [0.15, 0.2) is 0 Å². The summed E-state index contributed by atoms with van der Waals surface area (Å²) in [6.45, 7) is 4.65. The quantitative estimate of drug-likeness (QED) is 0.647. The Kier molecular flexibility index (Phi) is 6.47. The molecule has 2 fully saturated rings. The molecule has 0 spiro atoms. The van der Waals surface area contributed by atoms with Gasteiger partial charge in [0.2, 0.25) is 0 Å². The first kappa shape index (κ1) is 23.3. The van der Waals surface area contributed by atoms with Crippen LogP contribution in [-0.4, -0.2) is 57.8 Å². The lowest BCUT2D eigenvalue weighted by molar-refractivity contribution is -0.134. The number of benzene rings is 1. The monoisotopic (exact) mass is 476 g/mol.